The molecule has 2 N–H and O–H groups in total. The Kier molecular flexibility index (Phi) is 8.68. The van der Waals surface area contributed by atoms with E-state index in [1.165, 1.54) is 27.5 Å². The first-order valence-corrected chi connectivity index (χ1v) is 9.55. The van der Waals surface area contributed by atoms with E-state index in [2.05, 4.69) is 15.8 Å². The molecule has 0 heterocycles. The molecule has 0 aliphatic rings. The number of rotatable bonds is 10. The Hall–Kier alpha value is -3.55. The van der Waals surface area contributed by atoms with Gasteiger partial charge in [0, 0.05) is 23.2 Å². The molecule has 8 heteroatoms. The van der Waals surface area contributed by atoms with Crippen LogP contribution in [0.25, 0.3) is 0 Å². The van der Waals surface area contributed by atoms with Gasteiger partial charge in [0.1, 0.15) is 0 Å². The number of carbonyl (C=O) groups is 2. The number of nitrogens with zero attached hydrogens (tertiary/aromatic N) is 1. The van der Waals surface area contributed by atoms with Gasteiger partial charge in [-0.05, 0) is 42.8 Å². The highest BCUT2D eigenvalue weighted by molar-refractivity contribution is 5.96. The SMILES string of the molecule is CCCCC(=O)Nc1ccc(C(=O)N/N=C\c2cc(OC)c(OC)c(OC)c2)cc1. The normalized spacial score (nSPS) is 10.5. The summed E-state index contributed by atoms with van der Waals surface area (Å²) in [5.41, 5.74) is 4.20. The smallest absolute Gasteiger partial charge is 0.271 e. The zero-order chi connectivity index (χ0) is 21.9. The number of carbonyl (C=O) groups excluding carboxylic acids is 2. The summed E-state index contributed by atoms with van der Waals surface area (Å²) in [6, 6.07) is 10.0. The van der Waals surface area contributed by atoms with Crippen molar-refractivity contribution in [2.24, 2.45) is 5.10 Å². The second-order valence-electron chi connectivity index (χ2n) is 6.39. The molecule has 160 valence electrons. The molecule has 0 unspecified atom stereocenters. The van der Waals surface area contributed by atoms with E-state index in [1.807, 2.05) is 6.92 Å². The van der Waals surface area contributed by atoms with Gasteiger partial charge >= 0.3 is 0 Å². The number of methoxy groups -OCH3 is 3. The van der Waals surface area contributed by atoms with Crippen LogP contribution in [0.1, 0.15) is 42.1 Å². The fourth-order valence-corrected chi connectivity index (χ4v) is 2.67. The summed E-state index contributed by atoms with van der Waals surface area (Å²) in [5, 5.41) is 6.79. The molecule has 2 amide bonds. The van der Waals surface area contributed by atoms with Crippen LogP contribution in [0.15, 0.2) is 41.5 Å². The summed E-state index contributed by atoms with van der Waals surface area (Å²) in [6.45, 7) is 2.03. The van der Waals surface area contributed by atoms with Crippen molar-refractivity contribution in [3.05, 3.63) is 47.5 Å². The van der Waals surface area contributed by atoms with E-state index in [4.69, 9.17) is 14.2 Å². The van der Waals surface area contributed by atoms with Gasteiger partial charge in [0.15, 0.2) is 11.5 Å². The van der Waals surface area contributed by atoms with E-state index in [0.717, 1.165) is 12.8 Å². The molecule has 30 heavy (non-hydrogen) atoms. The first-order chi connectivity index (χ1) is 14.5. The van der Waals surface area contributed by atoms with Crippen molar-refractivity contribution in [1.82, 2.24) is 5.43 Å². The van der Waals surface area contributed by atoms with Crippen LogP contribution < -0.4 is 25.0 Å². The first kappa shape index (κ1) is 22.7. The van der Waals surface area contributed by atoms with E-state index in [9.17, 15) is 9.59 Å². The third-order valence-corrected chi connectivity index (χ3v) is 4.26. The topological polar surface area (TPSA) is 98.3 Å². The molecule has 2 rings (SSSR count). The fourth-order valence-electron chi connectivity index (χ4n) is 2.67. The van der Waals surface area contributed by atoms with Gasteiger partial charge in [0.2, 0.25) is 11.7 Å². The summed E-state index contributed by atoms with van der Waals surface area (Å²) in [6.07, 6.45) is 3.76. The standard InChI is InChI=1S/C22H27N3O5/c1-5-6-7-20(26)24-17-10-8-16(9-11-17)22(27)25-23-14-15-12-18(28-2)21(30-4)19(13-15)29-3/h8-14H,5-7H2,1-4H3,(H,24,26)(H,25,27)/b23-14-. The molecule has 0 saturated carbocycles. The number of amides is 2. The van der Waals surface area contributed by atoms with Crippen molar-refractivity contribution >= 4 is 23.7 Å². The Balaban J connectivity index is 2.00. The number of hydrogen-bond donors (Lipinski definition) is 2. The highest BCUT2D eigenvalue weighted by atomic mass is 16.5. The minimum atomic E-state index is -0.373. The lowest BCUT2D eigenvalue weighted by atomic mass is 10.2. The van der Waals surface area contributed by atoms with E-state index in [0.29, 0.717) is 40.5 Å². The maximum absolute atomic E-state index is 12.3. The van der Waals surface area contributed by atoms with Gasteiger partial charge in [-0.3, -0.25) is 9.59 Å². The molecule has 0 bridgehead atoms. The third-order valence-electron chi connectivity index (χ3n) is 4.26. The lowest BCUT2D eigenvalue weighted by molar-refractivity contribution is -0.116. The molecule has 0 radical (unpaired) electrons. The van der Waals surface area contributed by atoms with E-state index in [1.54, 1.807) is 36.4 Å². The maximum atomic E-state index is 12.3. The average molecular weight is 413 g/mol. The van der Waals surface area contributed by atoms with Crippen LogP contribution in [-0.4, -0.2) is 39.4 Å². The minimum absolute atomic E-state index is 0.0380. The Labute approximate surface area is 176 Å². The molecule has 0 aromatic heterocycles. The molecule has 8 nitrogen and oxygen atoms in total. The third kappa shape index (κ3) is 6.23. The van der Waals surface area contributed by atoms with Crippen molar-refractivity contribution < 1.29 is 23.8 Å². The summed E-state index contributed by atoms with van der Waals surface area (Å²) < 4.78 is 15.9. The molecular weight excluding hydrogens is 386 g/mol. The number of nitrogens with one attached hydrogen (secondary N) is 2. The predicted octanol–water partition coefficient (Wildman–Crippen LogP) is 3.61. The first-order valence-electron chi connectivity index (χ1n) is 9.55. The van der Waals surface area contributed by atoms with Gasteiger partial charge in [-0.2, -0.15) is 5.10 Å². The van der Waals surface area contributed by atoms with Crippen LogP contribution >= 0.6 is 0 Å². The molecule has 2 aromatic carbocycles. The Bertz CT molecular complexity index is 869. The number of hydrazone groups is 1. The van der Waals surface area contributed by atoms with E-state index in [-0.39, 0.29) is 11.8 Å². The van der Waals surface area contributed by atoms with Crippen molar-refractivity contribution in [3.63, 3.8) is 0 Å². The largest absolute Gasteiger partial charge is 0.493 e. The quantitative estimate of drug-likeness (QED) is 0.458. The highest BCUT2D eigenvalue weighted by Crippen LogP contribution is 2.37. The number of hydrogen-bond acceptors (Lipinski definition) is 6. The molecule has 0 aliphatic heterocycles. The van der Waals surface area contributed by atoms with Gasteiger partial charge < -0.3 is 19.5 Å². The molecule has 0 fully saturated rings. The van der Waals surface area contributed by atoms with E-state index < -0.39 is 0 Å². The molecule has 0 atom stereocenters. The number of unbranched alkanes of at least 4 members (excludes halogenated alkanes) is 1. The number of benzene rings is 2. The Morgan fingerprint density at radius 1 is 1.00 bits per heavy atom. The zero-order valence-electron chi connectivity index (χ0n) is 17.7. The van der Waals surface area contributed by atoms with Crippen LogP contribution in [0, 0.1) is 0 Å². The van der Waals surface area contributed by atoms with Gasteiger partial charge in [-0.1, -0.05) is 13.3 Å². The zero-order valence-corrected chi connectivity index (χ0v) is 17.7. The summed E-state index contributed by atoms with van der Waals surface area (Å²) in [4.78, 5) is 24.0. The molecule has 0 saturated heterocycles. The number of anilines is 1. The second kappa shape index (κ2) is 11.5. The van der Waals surface area contributed by atoms with E-state index >= 15 is 0 Å². The fraction of sp³-hybridized carbons (Fsp3) is 0.318. The lowest BCUT2D eigenvalue weighted by Gasteiger charge is -2.12. The van der Waals surface area contributed by atoms with Crippen molar-refractivity contribution in [2.45, 2.75) is 26.2 Å². The Morgan fingerprint density at radius 2 is 1.63 bits per heavy atom. The van der Waals surface area contributed by atoms with Gasteiger partial charge in [0.05, 0.1) is 27.5 Å². The summed E-state index contributed by atoms with van der Waals surface area (Å²) in [7, 11) is 4.57. The van der Waals surface area contributed by atoms with Crippen LogP contribution in [0.5, 0.6) is 17.2 Å². The Morgan fingerprint density at radius 3 is 2.17 bits per heavy atom. The van der Waals surface area contributed by atoms with Crippen molar-refractivity contribution in [3.8, 4) is 17.2 Å². The van der Waals surface area contributed by atoms with Crippen LogP contribution in [-0.2, 0) is 4.79 Å². The predicted molar refractivity (Wildman–Crippen MR) is 116 cm³/mol. The summed E-state index contributed by atoms with van der Waals surface area (Å²) >= 11 is 0. The average Bonchev–Trinajstić information content (AvgIpc) is 2.77. The van der Waals surface area contributed by atoms with Crippen LogP contribution in [0.2, 0.25) is 0 Å². The maximum Gasteiger partial charge on any atom is 0.271 e. The van der Waals surface area contributed by atoms with Gasteiger partial charge in [0.25, 0.3) is 5.91 Å². The summed E-state index contributed by atoms with van der Waals surface area (Å²) in [5.74, 6) is 1.04. The van der Waals surface area contributed by atoms with Crippen LogP contribution in [0.4, 0.5) is 5.69 Å². The number of ether oxygens (including phenoxy) is 3. The lowest BCUT2D eigenvalue weighted by Crippen LogP contribution is -2.17. The monoisotopic (exact) mass is 413 g/mol. The molecular formula is C22H27N3O5. The van der Waals surface area contributed by atoms with Gasteiger partial charge in [-0.25, -0.2) is 5.43 Å². The minimum Gasteiger partial charge on any atom is -0.493 e. The highest BCUT2D eigenvalue weighted by Gasteiger charge is 2.12. The molecule has 0 spiro atoms. The van der Waals surface area contributed by atoms with Crippen LogP contribution in [0.3, 0.4) is 0 Å². The second-order valence-corrected chi connectivity index (χ2v) is 6.39. The van der Waals surface area contributed by atoms with Gasteiger partial charge in [-0.15, -0.1) is 0 Å². The van der Waals surface area contributed by atoms with Crippen molar-refractivity contribution in [2.75, 3.05) is 26.6 Å². The van der Waals surface area contributed by atoms with Crippen molar-refractivity contribution in [1.29, 1.82) is 0 Å². The molecule has 0 aliphatic carbocycles. The molecule has 2 aromatic rings.